The summed E-state index contributed by atoms with van der Waals surface area (Å²) in [5.74, 6) is -1.84. The molecule has 11 nitrogen and oxygen atoms in total. The van der Waals surface area contributed by atoms with Crippen LogP contribution in [0, 0.1) is 5.41 Å². The molecule has 1 fully saturated rings. The second-order valence-electron chi connectivity index (χ2n) is 9.09. The van der Waals surface area contributed by atoms with Gasteiger partial charge in [0, 0.05) is 25.4 Å². The topological polar surface area (TPSA) is 175 Å². The van der Waals surface area contributed by atoms with E-state index in [0.29, 0.717) is 12.8 Å². The molecule has 0 spiro atoms. The first kappa shape index (κ1) is 27.2. The summed E-state index contributed by atoms with van der Waals surface area (Å²) in [5, 5.41) is 43.7. The smallest absolute Gasteiger partial charge is 0.303 e. The number of amides is 2. The van der Waals surface area contributed by atoms with Gasteiger partial charge in [0.15, 0.2) is 6.23 Å². The average Bonchev–Trinajstić information content (AvgIpc) is 2.65. The maximum absolute atomic E-state index is 12.9. The van der Waals surface area contributed by atoms with Crippen molar-refractivity contribution in [1.82, 2.24) is 10.6 Å². The summed E-state index contributed by atoms with van der Waals surface area (Å²) in [6.45, 7) is 7.76. The van der Waals surface area contributed by atoms with Crippen LogP contribution in [0.2, 0.25) is 0 Å². The van der Waals surface area contributed by atoms with Gasteiger partial charge in [0.25, 0.3) is 0 Å². The van der Waals surface area contributed by atoms with Crippen LogP contribution in [0.1, 0.15) is 53.9 Å². The van der Waals surface area contributed by atoms with Crippen LogP contribution in [0.4, 0.5) is 0 Å². The summed E-state index contributed by atoms with van der Waals surface area (Å²) >= 11 is 0. The van der Waals surface area contributed by atoms with Crippen molar-refractivity contribution in [2.24, 2.45) is 5.41 Å². The van der Waals surface area contributed by atoms with Crippen LogP contribution < -0.4 is 10.6 Å². The van der Waals surface area contributed by atoms with Crippen LogP contribution in [-0.2, 0) is 23.9 Å². The van der Waals surface area contributed by atoms with Gasteiger partial charge in [-0.2, -0.15) is 0 Å². The van der Waals surface area contributed by atoms with Gasteiger partial charge in [-0.05, 0) is 26.7 Å². The van der Waals surface area contributed by atoms with Crippen molar-refractivity contribution >= 4 is 17.8 Å². The third-order valence-corrected chi connectivity index (χ3v) is 5.35. The summed E-state index contributed by atoms with van der Waals surface area (Å²) < 4.78 is 11.3. The van der Waals surface area contributed by atoms with Gasteiger partial charge in [-0.15, -0.1) is 0 Å². The molecule has 1 saturated heterocycles. The number of carbonyl (C=O) groups excluding carboxylic acids is 2. The summed E-state index contributed by atoms with van der Waals surface area (Å²) in [6, 6.07) is -1.11. The van der Waals surface area contributed by atoms with E-state index in [4.69, 9.17) is 14.6 Å². The molecule has 0 aromatic carbocycles. The van der Waals surface area contributed by atoms with Crippen LogP contribution in [0.3, 0.4) is 0 Å². The predicted molar refractivity (Wildman–Crippen MR) is 109 cm³/mol. The number of aliphatic hydroxyl groups is 3. The Morgan fingerprint density at radius 1 is 1.03 bits per heavy atom. The zero-order valence-electron chi connectivity index (χ0n) is 18.8. The molecule has 1 aliphatic heterocycles. The van der Waals surface area contributed by atoms with Gasteiger partial charge in [0.2, 0.25) is 11.8 Å². The fourth-order valence-corrected chi connectivity index (χ4v) is 3.14. The van der Waals surface area contributed by atoms with Gasteiger partial charge in [0.05, 0.1) is 12.2 Å². The SMILES string of the molecule is CC(=O)NC1C(O)C(O)C(CO)O[C@H]1NC(=O)C(C)(C)CCOC(C)(C)CCC(=O)O. The average molecular weight is 449 g/mol. The maximum atomic E-state index is 12.9. The van der Waals surface area contributed by atoms with E-state index in [2.05, 4.69) is 10.6 Å². The van der Waals surface area contributed by atoms with E-state index in [-0.39, 0.29) is 13.0 Å². The highest BCUT2D eigenvalue weighted by atomic mass is 16.5. The second kappa shape index (κ2) is 11.2. The third kappa shape index (κ3) is 8.34. The molecular formula is C20H36N2O9. The Morgan fingerprint density at radius 2 is 1.65 bits per heavy atom. The zero-order chi connectivity index (χ0) is 24.0. The lowest BCUT2D eigenvalue weighted by molar-refractivity contribution is -0.204. The number of ether oxygens (including phenoxy) is 2. The molecule has 1 rings (SSSR count). The molecule has 31 heavy (non-hydrogen) atoms. The first-order chi connectivity index (χ1) is 14.2. The Bertz CT molecular complexity index is 638. The van der Waals surface area contributed by atoms with Gasteiger partial charge in [-0.25, -0.2) is 0 Å². The molecule has 180 valence electrons. The number of aliphatic carboxylic acids is 1. The minimum absolute atomic E-state index is 0.0271. The lowest BCUT2D eigenvalue weighted by Crippen LogP contribution is -2.68. The Kier molecular flexibility index (Phi) is 9.83. The monoisotopic (exact) mass is 448 g/mol. The molecule has 0 saturated carbocycles. The number of nitrogens with one attached hydrogen (secondary N) is 2. The highest BCUT2D eigenvalue weighted by molar-refractivity contribution is 5.82. The van der Waals surface area contributed by atoms with Gasteiger partial charge < -0.3 is 40.5 Å². The van der Waals surface area contributed by atoms with Crippen LogP contribution in [0.25, 0.3) is 0 Å². The fraction of sp³-hybridized carbons (Fsp3) is 0.850. The molecule has 1 aliphatic rings. The maximum Gasteiger partial charge on any atom is 0.303 e. The molecule has 0 aromatic heterocycles. The van der Waals surface area contributed by atoms with Gasteiger partial charge in [-0.3, -0.25) is 14.4 Å². The molecule has 2 amide bonds. The number of rotatable bonds is 11. The van der Waals surface area contributed by atoms with Gasteiger partial charge >= 0.3 is 5.97 Å². The Hall–Kier alpha value is -1.79. The van der Waals surface area contributed by atoms with E-state index in [1.54, 1.807) is 27.7 Å². The molecule has 0 aliphatic carbocycles. The van der Waals surface area contributed by atoms with Crippen molar-refractivity contribution in [2.45, 2.75) is 90.1 Å². The highest BCUT2D eigenvalue weighted by Gasteiger charge is 2.46. The number of hydrogen-bond acceptors (Lipinski definition) is 8. The predicted octanol–water partition coefficient (Wildman–Crippen LogP) is -0.877. The third-order valence-electron chi connectivity index (χ3n) is 5.35. The minimum atomic E-state index is -1.46. The van der Waals surface area contributed by atoms with E-state index < -0.39 is 66.0 Å². The van der Waals surface area contributed by atoms with Crippen molar-refractivity contribution in [1.29, 1.82) is 0 Å². The lowest BCUT2D eigenvalue weighted by atomic mass is 9.87. The van der Waals surface area contributed by atoms with E-state index in [1.165, 1.54) is 6.92 Å². The lowest BCUT2D eigenvalue weighted by Gasteiger charge is -2.43. The standard InChI is InChI=1S/C20H36N2O9/c1-11(24)21-14-16(28)15(27)12(10-23)31-17(14)22-18(29)19(2,3)8-9-30-20(4,5)7-6-13(25)26/h12,14-17,23,27-28H,6-10H2,1-5H3,(H,21,24)(H,22,29)(H,25,26)/t12?,14?,15?,16?,17-/m1/s1. The number of carboxylic acid groups (broad SMARTS) is 1. The number of hydrogen-bond donors (Lipinski definition) is 6. The van der Waals surface area contributed by atoms with Crippen molar-refractivity contribution in [3.8, 4) is 0 Å². The number of carbonyl (C=O) groups is 3. The molecular weight excluding hydrogens is 412 g/mol. The Balaban J connectivity index is 2.75. The Labute approximate surface area is 182 Å². The first-order valence-corrected chi connectivity index (χ1v) is 10.3. The summed E-state index contributed by atoms with van der Waals surface area (Å²) in [5.41, 5.74) is -1.59. The molecule has 4 unspecified atom stereocenters. The van der Waals surface area contributed by atoms with Gasteiger partial charge in [0.1, 0.15) is 24.4 Å². The van der Waals surface area contributed by atoms with E-state index in [0.717, 1.165) is 0 Å². The van der Waals surface area contributed by atoms with Gasteiger partial charge in [-0.1, -0.05) is 13.8 Å². The van der Waals surface area contributed by atoms with E-state index in [1.807, 2.05) is 0 Å². The molecule has 6 N–H and O–H groups in total. The number of aliphatic hydroxyl groups excluding tert-OH is 3. The quantitative estimate of drug-likeness (QED) is 0.234. The first-order valence-electron chi connectivity index (χ1n) is 10.3. The van der Waals surface area contributed by atoms with Crippen molar-refractivity contribution in [3.63, 3.8) is 0 Å². The van der Waals surface area contributed by atoms with Crippen LogP contribution >= 0.6 is 0 Å². The summed E-state index contributed by atoms with van der Waals surface area (Å²) in [7, 11) is 0. The summed E-state index contributed by atoms with van der Waals surface area (Å²) in [4.78, 5) is 35.1. The molecule has 0 radical (unpaired) electrons. The minimum Gasteiger partial charge on any atom is -0.481 e. The van der Waals surface area contributed by atoms with Crippen molar-refractivity contribution < 1.29 is 44.3 Å². The van der Waals surface area contributed by atoms with E-state index in [9.17, 15) is 29.7 Å². The fourth-order valence-electron chi connectivity index (χ4n) is 3.14. The molecule has 5 atom stereocenters. The van der Waals surface area contributed by atoms with Crippen LogP contribution in [0.5, 0.6) is 0 Å². The molecule has 11 heteroatoms. The largest absolute Gasteiger partial charge is 0.481 e. The highest BCUT2D eigenvalue weighted by Crippen LogP contribution is 2.26. The van der Waals surface area contributed by atoms with Crippen LogP contribution in [0.15, 0.2) is 0 Å². The van der Waals surface area contributed by atoms with Crippen molar-refractivity contribution in [3.05, 3.63) is 0 Å². The normalized spacial score (nSPS) is 26.9. The second-order valence-corrected chi connectivity index (χ2v) is 9.09. The molecule has 1 heterocycles. The van der Waals surface area contributed by atoms with Crippen LogP contribution in [-0.4, -0.2) is 87.6 Å². The van der Waals surface area contributed by atoms with Crippen molar-refractivity contribution in [2.75, 3.05) is 13.2 Å². The Morgan fingerprint density at radius 3 is 2.16 bits per heavy atom. The zero-order valence-corrected chi connectivity index (χ0v) is 18.8. The molecule has 0 bridgehead atoms. The number of carboxylic acids is 1. The molecule has 0 aromatic rings. The van der Waals surface area contributed by atoms with E-state index >= 15 is 0 Å². The summed E-state index contributed by atoms with van der Waals surface area (Å²) in [6.07, 6.45) is -4.59.